The molecule has 0 atom stereocenters. The van der Waals surface area contributed by atoms with Crippen molar-refractivity contribution in [1.29, 1.82) is 0 Å². The third kappa shape index (κ3) is 5.98. The van der Waals surface area contributed by atoms with Gasteiger partial charge in [0, 0.05) is 3.57 Å². The Morgan fingerprint density at radius 2 is 1.55 bits per heavy atom. The molecule has 0 amide bonds. The average Bonchev–Trinajstić information content (AvgIpc) is 2.40. The van der Waals surface area contributed by atoms with Gasteiger partial charge in [0.1, 0.15) is 5.82 Å². The molecule has 0 unspecified atom stereocenters. The van der Waals surface area contributed by atoms with E-state index in [-0.39, 0.29) is 4.90 Å². The van der Waals surface area contributed by atoms with Crippen molar-refractivity contribution in [2.24, 2.45) is 0 Å². The maximum absolute atomic E-state index is 12.2. The lowest BCUT2D eigenvalue weighted by atomic mass is 10.2. The first-order valence-corrected chi connectivity index (χ1v) is 8.32. The van der Waals surface area contributed by atoms with Crippen molar-refractivity contribution in [1.82, 2.24) is 0 Å². The monoisotopic (exact) mass is 408 g/mol. The highest BCUT2D eigenvalue weighted by Gasteiger charge is 2.07. The van der Waals surface area contributed by atoms with E-state index >= 15 is 0 Å². The van der Waals surface area contributed by atoms with E-state index in [2.05, 4.69) is 53.8 Å². The predicted octanol–water partition coefficient (Wildman–Crippen LogP) is 3.93. The second-order valence-corrected chi connectivity index (χ2v) is 6.58. The van der Waals surface area contributed by atoms with Gasteiger partial charge in [-0.2, -0.15) is 8.42 Å². The zero-order valence-corrected chi connectivity index (χ0v) is 13.7. The second-order valence-electron chi connectivity index (χ2n) is 3.91. The number of hydrogen-bond acceptors (Lipinski definition) is 2. The second kappa shape index (κ2) is 7.70. The van der Waals surface area contributed by atoms with Crippen molar-refractivity contribution in [3.05, 3.63) is 63.5 Å². The summed E-state index contributed by atoms with van der Waals surface area (Å²) in [4.78, 5) is -0.307. The largest absolute Gasteiger partial charge is 0.294 e. The van der Waals surface area contributed by atoms with Crippen LogP contribution < -0.4 is 0 Å². The molecule has 0 saturated carbocycles. The van der Waals surface area contributed by atoms with Crippen molar-refractivity contribution in [2.45, 2.75) is 18.2 Å². The van der Waals surface area contributed by atoms with Crippen LogP contribution in [0.2, 0.25) is 0 Å². The van der Waals surface area contributed by atoms with Gasteiger partial charge in [-0.1, -0.05) is 19.1 Å². The minimum absolute atomic E-state index is 0.307. The van der Waals surface area contributed by atoms with Gasteiger partial charge < -0.3 is 0 Å². The highest BCUT2D eigenvalue weighted by Crippen LogP contribution is 2.08. The van der Waals surface area contributed by atoms with Crippen molar-refractivity contribution in [3.63, 3.8) is 0 Å². The van der Waals surface area contributed by atoms with Gasteiger partial charge in [0.25, 0.3) is 10.1 Å². The van der Waals surface area contributed by atoms with E-state index in [1.165, 1.54) is 9.13 Å². The third-order valence-corrected chi connectivity index (χ3v) is 4.02. The van der Waals surface area contributed by atoms with Crippen LogP contribution in [-0.2, 0) is 16.5 Å². The van der Waals surface area contributed by atoms with Crippen LogP contribution in [-0.4, -0.2) is 13.0 Å². The van der Waals surface area contributed by atoms with Crippen LogP contribution in [0.5, 0.6) is 0 Å². The molecule has 2 aromatic carbocycles. The smallest absolute Gasteiger partial charge is 0.282 e. The Balaban J connectivity index is 0.000000204. The molecular weight excluding hydrogens is 394 g/mol. The predicted molar refractivity (Wildman–Crippen MR) is 84.8 cm³/mol. The summed E-state index contributed by atoms with van der Waals surface area (Å²) in [5.41, 5.74) is 1.41. The van der Waals surface area contributed by atoms with E-state index in [9.17, 15) is 12.8 Å². The highest BCUT2D eigenvalue weighted by molar-refractivity contribution is 14.1. The van der Waals surface area contributed by atoms with Gasteiger partial charge in [-0.05, 0) is 71.0 Å². The molecule has 20 heavy (non-hydrogen) atoms. The molecule has 3 nitrogen and oxygen atoms in total. The molecule has 0 spiro atoms. The van der Waals surface area contributed by atoms with Crippen LogP contribution in [0.15, 0.2) is 53.4 Å². The Morgan fingerprint density at radius 3 is 1.95 bits per heavy atom. The molecular formula is C14H14FIO3S. The fourth-order valence-corrected chi connectivity index (χ4v) is 2.17. The molecule has 2 rings (SSSR count). The molecule has 6 heteroatoms. The number of halogens is 2. The number of rotatable bonds is 2. The summed E-state index contributed by atoms with van der Waals surface area (Å²) in [5.74, 6) is -0.544. The van der Waals surface area contributed by atoms with E-state index in [4.69, 9.17) is 4.55 Å². The minimum Gasteiger partial charge on any atom is -0.282 e. The van der Waals surface area contributed by atoms with Crippen molar-refractivity contribution in [3.8, 4) is 0 Å². The van der Waals surface area contributed by atoms with Crippen molar-refractivity contribution >= 4 is 32.7 Å². The first-order chi connectivity index (χ1) is 9.32. The van der Waals surface area contributed by atoms with Gasteiger partial charge >= 0.3 is 0 Å². The summed E-state index contributed by atoms with van der Waals surface area (Å²) in [6, 6.07) is 12.5. The van der Waals surface area contributed by atoms with Crippen LogP contribution >= 0.6 is 22.6 Å². The SMILES string of the molecule is CCc1ccc(I)cc1.O=S(=O)(O)c1ccc(F)cc1. The molecule has 1 N–H and O–H groups in total. The van der Waals surface area contributed by atoms with Crippen molar-refractivity contribution < 1.29 is 17.4 Å². The van der Waals surface area contributed by atoms with Gasteiger partial charge in [0.05, 0.1) is 4.90 Å². The molecule has 0 fully saturated rings. The van der Waals surface area contributed by atoms with Crippen LogP contribution in [0.3, 0.4) is 0 Å². The average molecular weight is 408 g/mol. The van der Waals surface area contributed by atoms with Crippen molar-refractivity contribution in [2.75, 3.05) is 0 Å². The Hall–Kier alpha value is -0.990. The molecule has 0 aliphatic carbocycles. The minimum atomic E-state index is -4.19. The van der Waals surface area contributed by atoms with E-state index < -0.39 is 15.9 Å². The maximum atomic E-state index is 12.2. The molecule has 108 valence electrons. The fourth-order valence-electron chi connectivity index (χ4n) is 1.33. The fraction of sp³-hybridized carbons (Fsp3) is 0.143. The Kier molecular flexibility index (Phi) is 6.57. The molecule has 0 saturated heterocycles. The Morgan fingerprint density at radius 1 is 1.05 bits per heavy atom. The molecule has 0 radical (unpaired) electrons. The lowest BCUT2D eigenvalue weighted by molar-refractivity contribution is 0.483. The first-order valence-electron chi connectivity index (χ1n) is 5.80. The van der Waals surface area contributed by atoms with Crippen LogP contribution in [0, 0.1) is 9.39 Å². The summed E-state index contributed by atoms with van der Waals surface area (Å²) in [6.45, 7) is 2.17. The van der Waals surface area contributed by atoms with Gasteiger partial charge in [0.15, 0.2) is 0 Å². The molecule has 0 bridgehead atoms. The zero-order valence-electron chi connectivity index (χ0n) is 10.8. The summed E-state index contributed by atoms with van der Waals surface area (Å²) in [6.07, 6.45) is 1.14. The molecule has 0 heterocycles. The number of aryl methyl sites for hydroxylation is 1. The Labute approximate surface area is 131 Å². The number of hydrogen-bond donors (Lipinski definition) is 1. The van der Waals surface area contributed by atoms with E-state index in [0.717, 1.165) is 30.7 Å². The Bertz CT molecular complexity index is 637. The maximum Gasteiger partial charge on any atom is 0.294 e. The van der Waals surface area contributed by atoms with E-state index in [1.807, 2.05) is 0 Å². The van der Waals surface area contributed by atoms with Crippen LogP contribution in [0.4, 0.5) is 4.39 Å². The number of benzene rings is 2. The van der Waals surface area contributed by atoms with Crippen LogP contribution in [0.1, 0.15) is 12.5 Å². The molecule has 0 aliphatic heterocycles. The normalized spacial score (nSPS) is 10.6. The summed E-state index contributed by atoms with van der Waals surface area (Å²) in [5, 5.41) is 0. The summed E-state index contributed by atoms with van der Waals surface area (Å²) >= 11 is 2.31. The third-order valence-electron chi connectivity index (χ3n) is 2.43. The lowest BCUT2D eigenvalue weighted by Crippen LogP contribution is -1.97. The lowest BCUT2D eigenvalue weighted by Gasteiger charge is -1.93. The first kappa shape index (κ1) is 17.1. The van der Waals surface area contributed by atoms with E-state index in [1.54, 1.807) is 0 Å². The molecule has 0 aliphatic rings. The highest BCUT2D eigenvalue weighted by atomic mass is 127. The topological polar surface area (TPSA) is 54.4 Å². The standard InChI is InChI=1S/C8H9I.C6H5FO3S/c1-2-7-3-5-8(9)6-4-7;7-5-1-3-6(4-2-5)11(8,9)10/h3-6H,2H2,1H3;1-4H,(H,8,9,10). The summed E-state index contributed by atoms with van der Waals surface area (Å²) in [7, 11) is -4.19. The zero-order chi connectivity index (χ0) is 15.2. The molecule has 0 aromatic heterocycles. The summed E-state index contributed by atoms with van der Waals surface area (Å²) < 4.78 is 42.7. The van der Waals surface area contributed by atoms with E-state index in [0.29, 0.717) is 0 Å². The molecule has 2 aromatic rings. The van der Waals surface area contributed by atoms with Crippen LogP contribution in [0.25, 0.3) is 0 Å². The van der Waals surface area contributed by atoms with Gasteiger partial charge in [0.2, 0.25) is 0 Å². The van der Waals surface area contributed by atoms with Gasteiger partial charge in [-0.25, -0.2) is 4.39 Å². The van der Waals surface area contributed by atoms with Gasteiger partial charge in [-0.3, -0.25) is 4.55 Å². The quantitative estimate of drug-likeness (QED) is 0.606. The van der Waals surface area contributed by atoms with Gasteiger partial charge in [-0.15, -0.1) is 0 Å².